The zero-order valence-electron chi connectivity index (χ0n) is 11.8. The van der Waals surface area contributed by atoms with Gasteiger partial charge in [-0.1, -0.05) is 6.92 Å². The van der Waals surface area contributed by atoms with Crippen LogP contribution in [0.5, 0.6) is 5.75 Å². The lowest BCUT2D eigenvalue weighted by Gasteiger charge is -2.12. The van der Waals surface area contributed by atoms with E-state index in [0.29, 0.717) is 6.04 Å². The van der Waals surface area contributed by atoms with Gasteiger partial charge in [0.2, 0.25) is 5.95 Å². The Kier molecular flexibility index (Phi) is 4.44. The first kappa shape index (κ1) is 13.5. The van der Waals surface area contributed by atoms with Crippen LogP contribution in [0, 0.1) is 0 Å². The SMILES string of the molecule is CCCOc1ccc(-n2ccnc2NC(C)C)cc1. The average Bonchev–Trinajstić information content (AvgIpc) is 2.84. The van der Waals surface area contributed by atoms with Crippen LogP contribution in [-0.2, 0) is 0 Å². The molecule has 4 heteroatoms. The summed E-state index contributed by atoms with van der Waals surface area (Å²) in [4.78, 5) is 4.33. The van der Waals surface area contributed by atoms with Crippen molar-refractivity contribution in [2.75, 3.05) is 11.9 Å². The van der Waals surface area contributed by atoms with Crippen LogP contribution < -0.4 is 10.1 Å². The standard InChI is InChI=1S/C15H21N3O/c1-4-11-19-14-7-5-13(6-8-14)18-10-9-16-15(18)17-12(2)3/h5-10,12H,4,11H2,1-3H3,(H,16,17). The highest BCUT2D eigenvalue weighted by atomic mass is 16.5. The van der Waals surface area contributed by atoms with Crippen molar-refractivity contribution in [1.29, 1.82) is 0 Å². The molecule has 0 atom stereocenters. The Morgan fingerprint density at radius 3 is 2.63 bits per heavy atom. The molecule has 0 aliphatic heterocycles. The molecule has 19 heavy (non-hydrogen) atoms. The number of nitrogens with one attached hydrogen (secondary N) is 1. The molecule has 0 saturated carbocycles. The maximum absolute atomic E-state index is 5.58. The van der Waals surface area contributed by atoms with Crippen LogP contribution in [0.4, 0.5) is 5.95 Å². The normalized spacial score (nSPS) is 10.7. The summed E-state index contributed by atoms with van der Waals surface area (Å²) in [6, 6.07) is 8.42. The van der Waals surface area contributed by atoms with Crippen molar-refractivity contribution >= 4 is 5.95 Å². The van der Waals surface area contributed by atoms with Gasteiger partial charge >= 0.3 is 0 Å². The summed E-state index contributed by atoms with van der Waals surface area (Å²) in [5.74, 6) is 1.77. The third-order valence-corrected chi connectivity index (χ3v) is 2.65. The van der Waals surface area contributed by atoms with Crippen LogP contribution in [0.25, 0.3) is 5.69 Å². The molecule has 0 aliphatic carbocycles. The average molecular weight is 259 g/mol. The monoisotopic (exact) mass is 259 g/mol. The lowest BCUT2D eigenvalue weighted by molar-refractivity contribution is 0.317. The second-order valence-electron chi connectivity index (χ2n) is 4.76. The number of benzene rings is 1. The first-order valence-electron chi connectivity index (χ1n) is 6.74. The van der Waals surface area contributed by atoms with E-state index < -0.39 is 0 Å². The van der Waals surface area contributed by atoms with Crippen molar-refractivity contribution in [3.05, 3.63) is 36.7 Å². The van der Waals surface area contributed by atoms with Crippen molar-refractivity contribution in [3.8, 4) is 11.4 Å². The van der Waals surface area contributed by atoms with Crippen molar-refractivity contribution in [2.45, 2.75) is 33.2 Å². The summed E-state index contributed by atoms with van der Waals surface area (Å²) in [5.41, 5.74) is 1.07. The quantitative estimate of drug-likeness (QED) is 0.863. The first-order valence-corrected chi connectivity index (χ1v) is 6.74. The molecular weight excluding hydrogens is 238 g/mol. The van der Waals surface area contributed by atoms with Gasteiger partial charge in [-0.25, -0.2) is 4.98 Å². The largest absolute Gasteiger partial charge is 0.494 e. The molecule has 1 heterocycles. The third-order valence-electron chi connectivity index (χ3n) is 2.65. The van der Waals surface area contributed by atoms with Gasteiger partial charge in [-0.15, -0.1) is 0 Å². The second kappa shape index (κ2) is 6.27. The highest BCUT2D eigenvalue weighted by molar-refractivity contribution is 5.44. The van der Waals surface area contributed by atoms with Crippen LogP contribution >= 0.6 is 0 Å². The summed E-state index contributed by atoms with van der Waals surface area (Å²) < 4.78 is 7.61. The summed E-state index contributed by atoms with van der Waals surface area (Å²) in [5, 5.41) is 3.32. The van der Waals surface area contributed by atoms with Crippen LogP contribution in [0.3, 0.4) is 0 Å². The van der Waals surface area contributed by atoms with Gasteiger partial charge in [-0.2, -0.15) is 0 Å². The molecule has 0 unspecified atom stereocenters. The number of aromatic nitrogens is 2. The van der Waals surface area contributed by atoms with Crippen molar-refractivity contribution in [3.63, 3.8) is 0 Å². The van der Waals surface area contributed by atoms with E-state index in [2.05, 4.69) is 31.1 Å². The predicted octanol–water partition coefficient (Wildman–Crippen LogP) is 3.48. The second-order valence-corrected chi connectivity index (χ2v) is 4.76. The summed E-state index contributed by atoms with van der Waals surface area (Å²) in [7, 11) is 0. The van der Waals surface area contributed by atoms with E-state index >= 15 is 0 Å². The molecule has 102 valence electrons. The van der Waals surface area contributed by atoms with Crippen LogP contribution in [0.1, 0.15) is 27.2 Å². The van der Waals surface area contributed by atoms with Crippen LogP contribution in [-0.4, -0.2) is 22.2 Å². The van der Waals surface area contributed by atoms with Gasteiger partial charge in [-0.3, -0.25) is 4.57 Å². The minimum absolute atomic E-state index is 0.355. The Hall–Kier alpha value is -1.97. The van der Waals surface area contributed by atoms with Gasteiger partial charge < -0.3 is 10.1 Å². The summed E-state index contributed by atoms with van der Waals surface area (Å²) >= 11 is 0. The van der Waals surface area contributed by atoms with Gasteiger partial charge in [-0.05, 0) is 44.5 Å². The fourth-order valence-corrected chi connectivity index (χ4v) is 1.80. The maximum atomic E-state index is 5.58. The molecule has 2 aromatic rings. The first-order chi connectivity index (χ1) is 9.20. The Morgan fingerprint density at radius 1 is 1.26 bits per heavy atom. The minimum atomic E-state index is 0.355. The van der Waals surface area contributed by atoms with Crippen LogP contribution in [0.15, 0.2) is 36.7 Å². The fraction of sp³-hybridized carbons (Fsp3) is 0.400. The molecule has 0 fully saturated rings. The number of imidazole rings is 1. The molecule has 0 bridgehead atoms. The Balaban J connectivity index is 2.15. The van der Waals surface area contributed by atoms with Crippen molar-refractivity contribution < 1.29 is 4.74 Å². The molecule has 0 spiro atoms. The van der Waals surface area contributed by atoms with E-state index in [4.69, 9.17) is 4.74 Å². The lowest BCUT2D eigenvalue weighted by atomic mass is 10.3. The van der Waals surface area contributed by atoms with E-state index in [1.54, 1.807) is 6.20 Å². The Bertz CT molecular complexity index is 502. The lowest BCUT2D eigenvalue weighted by Crippen LogP contribution is -2.13. The number of hydrogen-bond donors (Lipinski definition) is 1. The van der Waals surface area contributed by atoms with Gasteiger partial charge in [0.05, 0.1) is 6.61 Å². The fourth-order valence-electron chi connectivity index (χ4n) is 1.80. The molecular formula is C15H21N3O. The van der Waals surface area contributed by atoms with Crippen molar-refractivity contribution in [2.24, 2.45) is 0 Å². The molecule has 1 N–H and O–H groups in total. The molecule has 1 aromatic heterocycles. The molecule has 1 aromatic carbocycles. The van der Waals surface area contributed by atoms with E-state index in [1.165, 1.54) is 0 Å². The van der Waals surface area contributed by atoms with E-state index in [9.17, 15) is 0 Å². The number of hydrogen-bond acceptors (Lipinski definition) is 3. The molecule has 0 radical (unpaired) electrons. The summed E-state index contributed by atoms with van der Waals surface area (Å²) in [6.45, 7) is 7.05. The smallest absolute Gasteiger partial charge is 0.207 e. The minimum Gasteiger partial charge on any atom is -0.494 e. The van der Waals surface area contributed by atoms with Gasteiger partial charge in [0, 0.05) is 24.1 Å². The van der Waals surface area contributed by atoms with Gasteiger partial charge in [0.1, 0.15) is 5.75 Å². The summed E-state index contributed by atoms with van der Waals surface area (Å²) in [6.07, 6.45) is 4.77. The Morgan fingerprint density at radius 2 is 2.00 bits per heavy atom. The van der Waals surface area contributed by atoms with Gasteiger partial charge in [0.15, 0.2) is 0 Å². The zero-order valence-corrected chi connectivity index (χ0v) is 11.8. The molecule has 0 amide bonds. The van der Waals surface area contributed by atoms with Crippen LogP contribution in [0.2, 0.25) is 0 Å². The third kappa shape index (κ3) is 3.50. The van der Waals surface area contributed by atoms with E-state index in [-0.39, 0.29) is 0 Å². The molecule has 4 nitrogen and oxygen atoms in total. The number of rotatable bonds is 6. The molecule has 0 saturated heterocycles. The number of nitrogens with zero attached hydrogens (tertiary/aromatic N) is 2. The molecule has 0 aliphatic rings. The number of ether oxygens (including phenoxy) is 1. The highest BCUT2D eigenvalue weighted by Gasteiger charge is 2.05. The Labute approximate surface area is 114 Å². The van der Waals surface area contributed by atoms with E-state index in [1.807, 2.05) is 35.0 Å². The zero-order chi connectivity index (χ0) is 13.7. The number of anilines is 1. The van der Waals surface area contributed by atoms with Gasteiger partial charge in [0.25, 0.3) is 0 Å². The molecule has 2 rings (SSSR count). The van der Waals surface area contributed by atoms with Crippen molar-refractivity contribution in [1.82, 2.24) is 9.55 Å². The predicted molar refractivity (Wildman–Crippen MR) is 78.1 cm³/mol. The maximum Gasteiger partial charge on any atom is 0.207 e. The van der Waals surface area contributed by atoms with E-state index in [0.717, 1.165) is 30.4 Å². The highest BCUT2D eigenvalue weighted by Crippen LogP contribution is 2.19. The topological polar surface area (TPSA) is 39.1 Å².